The van der Waals surface area contributed by atoms with Crippen molar-refractivity contribution in [2.24, 2.45) is 0 Å². The summed E-state index contributed by atoms with van der Waals surface area (Å²) in [5.74, 6) is -1.02. The fourth-order valence-corrected chi connectivity index (χ4v) is 6.95. The van der Waals surface area contributed by atoms with Gasteiger partial charge in [0.05, 0.1) is 10.6 Å². The van der Waals surface area contributed by atoms with Crippen molar-refractivity contribution in [2.45, 2.75) is 57.1 Å². The number of rotatable bonds is 13. The van der Waals surface area contributed by atoms with Gasteiger partial charge in [-0.25, -0.2) is 8.42 Å². The van der Waals surface area contributed by atoms with E-state index in [0.29, 0.717) is 27.1 Å². The molecule has 1 N–H and O–H groups in total. The number of carbonyl (C=O) groups is 2. The van der Waals surface area contributed by atoms with Gasteiger partial charge in [0.15, 0.2) is 0 Å². The first-order valence-corrected chi connectivity index (χ1v) is 17.4. The second kappa shape index (κ2) is 15.8. The quantitative estimate of drug-likeness (QED) is 0.155. The van der Waals surface area contributed by atoms with Crippen molar-refractivity contribution >= 4 is 62.3 Å². The second-order valence-electron chi connectivity index (χ2n) is 11.0. The predicted molar refractivity (Wildman–Crippen MR) is 186 cm³/mol. The average Bonchev–Trinajstić information content (AvgIpc) is 3.03. The second-order valence-corrected chi connectivity index (χ2v) is 14.2. The molecular weight excluding hydrogens is 665 g/mol. The molecule has 0 unspecified atom stereocenters. The number of hydrogen-bond acceptors (Lipinski definition) is 4. The summed E-state index contributed by atoms with van der Waals surface area (Å²) in [6.45, 7) is 4.91. The first-order valence-electron chi connectivity index (χ1n) is 14.8. The van der Waals surface area contributed by atoms with Gasteiger partial charge in [0, 0.05) is 39.6 Å². The van der Waals surface area contributed by atoms with E-state index in [2.05, 4.69) is 5.32 Å². The largest absolute Gasteiger partial charge is 0.352 e. The third-order valence-electron chi connectivity index (χ3n) is 7.65. The van der Waals surface area contributed by atoms with Crippen LogP contribution in [-0.2, 0) is 32.6 Å². The molecule has 2 atom stereocenters. The minimum Gasteiger partial charge on any atom is -0.352 e. The lowest BCUT2D eigenvalue weighted by atomic mass is 10.0. The number of amides is 2. The van der Waals surface area contributed by atoms with E-state index in [9.17, 15) is 18.0 Å². The van der Waals surface area contributed by atoms with Crippen molar-refractivity contribution in [3.63, 3.8) is 0 Å². The molecule has 0 heterocycles. The maximum atomic E-state index is 14.6. The molecule has 0 aliphatic carbocycles. The summed E-state index contributed by atoms with van der Waals surface area (Å²) in [4.78, 5) is 29.9. The van der Waals surface area contributed by atoms with Crippen molar-refractivity contribution in [1.82, 2.24) is 10.2 Å². The molecule has 0 saturated carbocycles. The number of anilines is 1. The maximum absolute atomic E-state index is 14.6. The van der Waals surface area contributed by atoms with Crippen LogP contribution in [0.25, 0.3) is 0 Å². The van der Waals surface area contributed by atoms with Gasteiger partial charge < -0.3 is 10.2 Å². The highest BCUT2D eigenvalue weighted by molar-refractivity contribution is 7.92. The van der Waals surface area contributed by atoms with Crippen LogP contribution in [0.1, 0.15) is 37.0 Å². The van der Waals surface area contributed by atoms with E-state index >= 15 is 0 Å². The van der Waals surface area contributed by atoms with Gasteiger partial charge in [-0.3, -0.25) is 13.9 Å². The molecule has 2 amide bonds. The van der Waals surface area contributed by atoms with Crippen molar-refractivity contribution in [3.05, 3.63) is 129 Å². The van der Waals surface area contributed by atoms with Gasteiger partial charge in [-0.05, 0) is 68.3 Å². The molecular formula is C35H36Cl3N3O4S. The first-order chi connectivity index (χ1) is 21.9. The zero-order valence-corrected chi connectivity index (χ0v) is 28.9. The Morgan fingerprint density at radius 3 is 2.09 bits per heavy atom. The first kappa shape index (κ1) is 35.3. The molecule has 11 heteroatoms. The van der Waals surface area contributed by atoms with E-state index in [0.717, 1.165) is 15.4 Å². The molecule has 7 nitrogen and oxygen atoms in total. The monoisotopic (exact) mass is 699 g/mol. The minimum absolute atomic E-state index is 0.00178. The SMILES string of the molecule is CC[C@H](C)NC(=O)[C@@H](Cc1ccccc1)N(Cc1c(Cl)cccc1Cl)C(=O)CN(c1cccc(Cl)c1)S(=O)(=O)c1ccc(C)cc1. The lowest BCUT2D eigenvalue weighted by molar-refractivity contribution is -0.140. The number of halogens is 3. The number of hydrogen-bond donors (Lipinski definition) is 1. The number of sulfonamides is 1. The van der Waals surface area contributed by atoms with Crippen LogP contribution in [0.5, 0.6) is 0 Å². The molecule has 0 saturated heterocycles. The Hall–Kier alpha value is -3.56. The summed E-state index contributed by atoms with van der Waals surface area (Å²) >= 11 is 19.4. The third-order valence-corrected chi connectivity index (χ3v) is 10.4. The van der Waals surface area contributed by atoms with Crippen LogP contribution < -0.4 is 9.62 Å². The van der Waals surface area contributed by atoms with Crippen molar-refractivity contribution in [2.75, 3.05) is 10.8 Å². The maximum Gasteiger partial charge on any atom is 0.264 e. The lowest BCUT2D eigenvalue weighted by Crippen LogP contribution is -2.54. The smallest absolute Gasteiger partial charge is 0.264 e. The van der Waals surface area contributed by atoms with Crippen LogP contribution in [0.3, 0.4) is 0 Å². The standard InChI is InChI=1S/C35H36Cl3N3O4S/c1-4-25(3)39-35(43)33(20-26-10-6-5-7-11-26)40(22-30-31(37)14-9-15-32(30)38)34(42)23-41(28-13-8-12-27(36)21-28)46(44,45)29-18-16-24(2)17-19-29/h5-19,21,25,33H,4,20,22-23H2,1-3H3,(H,39,43)/t25-,33+/m0/s1. The van der Waals surface area contributed by atoms with E-state index in [1.807, 2.05) is 51.1 Å². The van der Waals surface area contributed by atoms with Crippen LogP contribution in [-0.4, -0.2) is 43.8 Å². The highest BCUT2D eigenvalue weighted by Gasteiger charge is 2.35. The molecule has 4 rings (SSSR count). The van der Waals surface area contributed by atoms with Gasteiger partial charge in [-0.15, -0.1) is 0 Å². The van der Waals surface area contributed by atoms with Gasteiger partial charge in [-0.2, -0.15) is 0 Å². The molecule has 4 aromatic rings. The number of nitrogens with one attached hydrogen (secondary N) is 1. The Kier molecular flexibility index (Phi) is 12.1. The molecule has 242 valence electrons. The average molecular weight is 701 g/mol. The number of carbonyl (C=O) groups excluding carboxylic acids is 2. The van der Waals surface area contributed by atoms with E-state index in [1.165, 1.54) is 23.1 Å². The molecule has 0 aromatic heterocycles. The zero-order valence-electron chi connectivity index (χ0n) is 25.8. The Labute approximate surface area is 286 Å². The van der Waals surface area contributed by atoms with Gasteiger partial charge >= 0.3 is 0 Å². The lowest BCUT2D eigenvalue weighted by Gasteiger charge is -2.34. The fraction of sp³-hybridized carbons (Fsp3) is 0.257. The Morgan fingerprint density at radius 2 is 1.48 bits per heavy atom. The summed E-state index contributed by atoms with van der Waals surface area (Å²) in [6, 6.07) is 25.7. The molecule has 46 heavy (non-hydrogen) atoms. The van der Waals surface area contributed by atoms with E-state index in [-0.39, 0.29) is 35.5 Å². The summed E-state index contributed by atoms with van der Waals surface area (Å²) in [7, 11) is -4.26. The molecule has 0 radical (unpaired) electrons. The Bertz CT molecular complexity index is 1750. The van der Waals surface area contributed by atoms with Crippen molar-refractivity contribution < 1.29 is 18.0 Å². The molecule has 0 fully saturated rings. The van der Waals surface area contributed by atoms with Crippen LogP contribution in [0.2, 0.25) is 15.1 Å². The van der Waals surface area contributed by atoms with E-state index in [4.69, 9.17) is 34.8 Å². The Balaban J connectivity index is 1.84. The molecule has 0 bridgehead atoms. The number of benzene rings is 4. The summed E-state index contributed by atoms with van der Waals surface area (Å²) in [6.07, 6.45) is 0.838. The van der Waals surface area contributed by atoms with Crippen molar-refractivity contribution in [3.8, 4) is 0 Å². The van der Waals surface area contributed by atoms with E-state index in [1.54, 1.807) is 48.5 Å². The highest BCUT2D eigenvalue weighted by Crippen LogP contribution is 2.30. The third kappa shape index (κ3) is 8.82. The van der Waals surface area contributed by atoms with Crippen LogP contribution >= 0.6 is 34.8 Å². The highest BCUT2D eigenvalue weighted by atomic mass is 35.5. The molecule has 4 aromatic carbocycles. The molecule has 0 aliphatic rings. The number of aryl methyl sites for hydroxylation is 1. The molecule has 0 aliphatic heterocycles. The fourth-order valence-electron chi connectivity index (χ4n) is 4.85. The summed E-state index contributed by atoms with van der Waals surface area (Å²) in [5.41, 5.74) is 2.32. The van der Waals surface area contributed by atoms with Crippen LogP contribution in [0.4, 0.5) is 5.69 Å². The predicted octanol–water partition coefficient (Wildman–Crippen LogP) is 7.71. The van der Waals surface area contributed by atoms with Crippen LogP contribution in [0.15, 0.2) is 102 Å². The number of nitrogens with zero attached hydrogens (tertiary/aromatic N) is 2. The van der Waals surface area contributed by atoms with Gasteiger partial charge in [0.25, 0.3) is 10.0 Å². The molecule has 0 spiro atoms. The van der Waals surface area contributed by atoms with Gasteiger partial charge in [-0.1, -0.05) is 102 Å². The van der Waals surface area contributed by atoms with Gasteiger partial charge in [0.2, 0.25) is 11.8 Å². The Morgan fingerprint density at radius 1 is 0.848 bits per heavy atom. The summed E-state index contributed by atoms with van der Waals surface area (Å²) < 4.78 is 29.3. The normalized spacial score (nSPS) is 12.7. The zero-order chi connectivity index (χ0) is 33.4. The van der Waals surface area contributed by atoms with Gasteiger partial charge in [0.1, 0.15) is 12.6 Å². The van der Waals surface area contributed by atoms with Crippen LogP contribution in [0, 0.1) is 6.92 Å². The summed E-state index contributed by atoms with van der Waals surface area (Å²) in [5, 5.41) is 3.92. The van der Waals surface area contributed by atoms with E-state index < -0.39 is 28.5 Å². The van der Waals surface area contributed by atoms with Crippen molar-refractivity contribution in [1.29, 1.82) is 0 Å². The topological polar surface area (TPSA) is 86.8 Å². The minimum atomic E-state index is -4.26.